The molecule has 0 fully saturated rings. The quantitative estimate of drug-likeness (QED) is 0.614. The zero-order valence-corrected chi connectivity index (χ0v) is 13.2. The fourth-order valence-corrected chi connectivity index (χ4v) is 2.51. The lowest BCUT2D eigenvalue weighted by Crippen LogP contribution is -2.31. The number of nitrogens with one attached hydrogen (secondary N) is 1. The maximum Gasteiger partial charge on any atom is 0.233 e. The van der Waals surface area contributed by atoms with E-state index in [1.54, 1.807) is 36.3 Å². The van der Waals surface area contributed by atoms with E-state index in [1.165, 1.54) is 11.8 Å². The van der Waals surface area contributed by atoms with Crippen LogP contribution in [0, 0.1) is 0 Å². The van der Waals surface area contributed by atoms with E-state index in [9.17, 15) is 4.79 Å². The van der Waals surface area contributed by atoms with Gasteiger partial charge in [0.25, 0.3) is 0 Å². The van der Waals surface area contributed by atoms with Gasteiger partial charge in [-0.05, 0) is 13.0 Å². The van der Waals surface area contributed by atoms with Gasteiger partial charge in [-0.2, -0.15) is 0 Å². The van der Waals surface area contributed by atoms with Gasteiger partial charge in [-0.15, -0.1) is 16.8 Å². The van der Waals surface area contributed by atoms with Gasteiger partial charge in [-0.25, -0.2) is 4.98 Å². The van der Waals surface area contributed by atoms with Crippen LogP contribution in [0.25, 0.3) is 5.69 Å². The lowest BCUT2D eigenvalue weighted by molar-refractivity contribution is -0.120. The highest BCUT2D eigenvalue weighted by Crippen LogP contribution is 2.24. The van der Waals surface area contributed by atoms with Crippen molar-refractivity contribution in [3.8, 4) is 11.6 Å². The van der Waals surface area contributed by atoms with Crippen LogP contribution in [0.3, 0.4) is 0 Å². The number of carbonyl (C=O) groups is 1. The Kier molecular flexibility index (Phi) is 5.54. The van der Waals surface area contributed by atoms with Crippen molar-refractivity contribution in [3.05, 3.63) is 37.3 Å². The van der Waals surface area contributed by atoms with Gasteiger partial charge in [0.15, 0.2) is 5.16 Å². The second-order valence-corrected chi connectivity index (χ2v) is 5.64. The summed E-state index contributed by atoms with van der Waals surface area (Å²) in [6.45, 7) is 5.83. The predicted octanol–water partition coefficient (Wildman–Crippen LogP) is 1.45. The van der Waals surface area contributed by atoms with Crippen LogP contribution < -0.4 is 10.1 Å². The zero-order chi connectivity index (χ0) is 15.9. The van der Waals surface area contributed by atoms with E-state index in [-0.39, 0.29) is 11.2 Å². The van der Waals surface area contributed by atoms with E-state index in [0.29, 0.717) is 17.6 Å². The molecule has 1 amide bonds. The summed E-state index contributed by atoms with van der Waals surface area (Å²) in [7, 11) is 1.56. The highest BCUT2D eigenvalue weighted by atomic mass is 32.2. The standard InChI is InChI=1S/C14H17N5O2S/c1-4-7-15-13(20)10(2)22-14-18-17-9-19(14)11-5-6-12(21-3)16-8-11/h4-6,8-10H,1,7H2,2-3H3,(H,15,20)/t10-/m0/s1. The minimum absolute atomic E-state index is 0.0766. The second kappa shape index (κ2) is 7.60. The fourth-order valence-electron chi connectivity index (χ4n) is 1.65. The first-order valence-electron chi connectivity index (χ1n) is 6.61. The van der Waals surface area contributed by atoms with Gasteiger partial charge in [-0.3, -0.25) is 9.36 Å². The molecule has 0 saturated carbocycles. The van der Waals surface area contributed by atoms with Crippen molar-refractivity contribution in [2.24, 2.45) is 0 Å². The molecule has 0 aliphatic carbocycles. The summed E-state index contributed by atoms with van der Waals surface area (Å²) in [6, 6.07) is 3.60. The molecule has 0 unspecified atom stereocenters. The minimum Gasteiger partial charge on any atom is -0.481 e. The van der Waals surface area contributed by atoms with Crippen LogP contribution in [0.1, 0.15) is 6.92 Å². The molecule has 2 aromatic heterocycles. The molecule has 1 atom stereocenters. The molecule has 0 bridgehead atoms. The molecule has 0 aliphatic heterocycles. The Morgan fingerprint density at radius 2 is 2.41 bits per heavy atom. The van der Waals surface area contributed by atoms with E-state index in [1.807, 2.05) is 13.0 Å². The monoisotopic (exact) mass is 319 g/mol. The van der Waals surface area contributed by atoms with E-state index in [2.05, 4.69) is 27.1 Å². The Labute approximate surface area is 132 Å². The van der Waals surface area contributed by atoms with Crippen molar-refractivity contribution in [2.45, 2.75) is 17.3 Å². The first-order valence-corrected chi connectivity index (χ1v) is 7.49. The van der Waals surface area contributed by atoms with Gasteiger partial charge < -0.3 is 10.1 Å². The van der Waals surface area contributed by atoms with Gasteiger partial charge in [0.2, 0.25) is 11.8 Å². The molecule has 0 aromatic carbocycles. The second-order valence-electron chi connectivity index (χ2n) is 4.34. The first kappa shape index (κ1) is 16.0. The molecule has 22 heavy (non-hydrogen) atoms. The molecule has 0 saturated heterocycles. The highest BCUT2D eigenvalue weighted by Gasteiger charge is 2.17. The van der Waals surface area contributed by atoms with Gasteiger partial charge in [0.05, 0.1) is 24.2 Å². The summed E-state index contributed by atoms with van der Waals surface area (Å²) < 4.78 is 6.80. The topological polar surface area (TPSA) is 81.9 Å². The number of pyridine rings is 1. The number of carbonyl (C=O) groups excluding carboxylic acids is 1. The number of rotatable bonds is 7. The van der Waals surface area contributed by atoms with Crippen LogP contribution >= 0.6 is 11.8 Å². The molecule has 0 spiro atoms. The number of amides is 1. The van der Waals surface area contributed by atoms with Crippen molar-refractivity contribution in [2.75, 3.05) is 13.7 Å². The minimum atomic E-state index is -0.297. The Morgan fingerprint density at radius 1 is 1.59 bits per heavy atom. The summed E-state index contributed by atoms with van der Waals surface area (Å²) in [5.74, 6) is 0.454. The fraction of sp³-hybridized carbons (Fsp3) is 0.286. The number of hydrogen-bond donors (Lipinski definition) is 1. The van der Waals surface area contributed by atoms with Gasteiger partial charge >= 0.3 is 0 Å². The van der Waals surface area contributed by atoms with Crippen LogP contribution in [0.4, 0.5) is 0 Å². The number of aromatic nitrogens is 4. The van der Waals surface area contributed by atoms with Crippen LogP contribution in [0.5, 0.6) is 5.88 Å². The highest BCUT2D eigenvalue weighted by molar-refractivity contribution is 8.00. The smallest absolute Gasteiger partial charge is 0.233 e. The van der Waals surface area contributed by atoms with E-state index >= 15 is 0 Å². The number of hydrogen-bond acceptors (Lipinski definition) is 6. The molecule has 8 heteroatoms. The molecule has 1 N–H and O–H groups in total. The third-order valence-electron chi connectivity index (χ3n) is 2.80. The Morgan fingerprint density at radius 3 is 3.05 bits per heavy atom. The largest absolute Gasteiger partial charge is 0.481 e. The molecule has 0 aliphatic rings. The lowest BCUT2D eigenvalue weighted by Gasteiger charge is -2.11. The van der Waals surface area contributed by atoms with Crippen molar-refractivity contribution < 1.29 is 9.53 Å². The van der Waals surface area contributed by atoms with E-state index in [4.69, 9.17) is 4.74 Å². The van der Waals surface area contributed by atoms with Crippen LogP contribution in [-0.2, 0) is 4.79 Å². The number of ether oxygens (including phenoxy) is 1. The summed E-state index contributed by atoms with van der Waals surface area (Å²) in [6.07, 6.45) is 4.88. The third kappa shape index (κ3) is 3.85. The molecular weight excluding hydrogens is 302 g/mol. The maximum atomic E-state index is 11.9. The molecular formula is C14H17N5O2S. The molecule has 7 nitrogen and oxygen atoms in total. The third-order valence-corrected chi connectivity index (χ3v) is 3.85. The molecule has 0 radical (unpaired) electrons. The van der Waals surface area contributed by atoms with E-state index < -0.39 is 0 Å². The van der Waals surface area contributed by atoms with Crippen LogP contribution in [-0.4, -0.2) is 44.6 Å². The predicted molar refractivity (Wildman–Crippen MR) is 84.2 cm³/mol. The Bertz CT molecular complexity index is 641. The summed E-state index contributed by atoms with van der Waals surface area (Å²) in [4.78, 5) is 16.0. The Hall–Kier alpha value is -2.35. The Balaban J connectivity index is 2.11. The summed E-state index contributed by atoms with van der Waals surface area (Å²) >= 11 is 1.32. The molecule has 2 heterocycles. The average Bonchev–Trinajstić information content (AvgIpc) is 3.00. The van der Waals surface area contributed by atoms with Gasteiger partial charge in [0.1, 0.15) is 6.33 Å². The average molecular weight is 319 g/mol. The van der Waals surface area contributed by atoms with Gasteiger partial charge in [0, 0.05) is 12.6 Å². The lowest BCUT2D eigenvalue weighted by atomic mass is 10.4. The number of methoxy groups -OCH3 is 1. The molecule has 116 valence electrons. The summed E-state index contributed by atoms with van der Waals surface area (Å²) in [5.41, 5.74) is 0.798. The number of nitrogens with zero attached hydrogens (tertiary/aromatic N) is 4. The normalized spacial score (nSPS) is 11.7. The van der Waals surface area contributed by atoms with Gasteiger partial charge in [-0.1, -0.05) is 17.8 Å². The SMILES string of the molecule is C=CCNC(=O)[C@H](C)Sc1nncn1-c1ccc(OC)nc1. The molecule has 2 rings (SSSR count). The zero-order valence-electron chi connectivity index (χ0n) is 12.4. The first-order chi connectivity index (χ1) is 10.7. The van der Waals surface area contributed by atoms with E-state index in [0.717, 1.165) is 5.69 Å². The van der Waals surface area contributed by atoms with Crippen molar-refractivity contribution in [1.82, 2.24) is 25.1 Å². The maximum absolute atomic E-state index is 11.9. The van der Waals surface area contributed by atoms with Crippen molar-refractivity contribution in [1.29, 1.82) is 0 Å². The number of thioether (sulfide) groups is 1. The van der Waals surface area contributed by atoms with Crippen LogP contribution in [0.15, 0.2) is 42.5 Å². The van der Waals surface area contributed by atoms with Crippen molar-refractivity contribution >= 4 is 17.7 Å². The molecule has 2 aromatic rings. The van der Waals surface area contributed by atoms with Crippen LogP contribution in [0.2, 0.25) is 0 Å². The summed E-state index contributed by atoms with van der Waals surface area (Å²) in [5, 5.41) is 11.0. The van der Waals surface area contributed by atoms with Crippen molar-refractivity contribution in [3.63, 3.8) is 0 Å².